The number of carbonyl (C=O) groups is 1. The lowest BCUT2D eigenvalue weighted by molar-refractivity contribution is -0.111. The molecule has 0 aliphatic heterocycles. The van der Waals surface area contributed by atoms with Gasteiger partial charge in [-0.3, -0.25) is 4.79 Å². The number of anilines is 1. The van der Waals surface area contributed by atoms with Crippen molar-refractivity contribution < 1.29 is 22.7 Å². The summed E-state index contributed by atoms with van der Waals surface area (Å²) in [6, 6.07) is 7.79. The van der Waals surface area contributed by atoms with Gasteiger partial charge in [0.25, 0.3) is 0 Å². The third-order valence-corrected chi connectivity index (χ3v) is 5.32. The largest absolute Gasteiger partial charge is 0.493 e. The van der Waals surface area contributed by atoms with Crippen molar-refractivity contribution in [1.82, 2.24) is 14.9 Å². The number of amides is 1. The van der Waals surface area contributed by atoms with Gasteiger partial charge in [0.2, 0.25) is 5.91 Å². The van der Waals surface area contributed by atoms with Crippen LogP contribution in [0.3, 0.4) is 0 Å². The molecule has 0 radical (unpaired) electrons. The Morgan fingerprint density at radius 1 is 1.09 bits per heavy atom. The zero-order chi connectivity index (χ0) is 25.1. The van der Waals surface area contributed by atoms with Gasteiger partial charge in [-0.05, 0) is 44.4 Å². The molecule has 4 aromatic rings. The van der Waals surface area contributed by atoms with Crippen molar-refractivity contribution in [2.75, 3.05) is 33.1 Å². The summed E-state index contributed by atoms with van der Waals surface area (Å²) in [6.07, 6.45) is 6.17. The molecule has 4 rings (SSSR count). The summed E-state index contributed by atoms with van der Waals surface area (Å²) in [7, 11) is 5.06. The second-order valence-corrected chi connectivity index (χ2v) is 8.14. The lowest BCUT2D eigenvalue weighted by Gasteiger charge is -2.10. The van der Waals surface area contributed by atoms with E-state index in [1.165, 1.54) is 37.6 Å². The van der Waals surface area contributed by atoms with Crippen LogP contribution in [0.15, 0.2) is 60.9 Å². The van der Waals surface area contributed by atoms with Crippen LogP contribution in [-0.4, -0.2) is 48.5 Å². The van der Waals surface area contributed by atoms with Crippen LogP contribution >= 0.6 is 0 Å². The number of likely N-dealkylation sites (N-methyl/N-ethyl adjacent to an activating group) is 1. The van der Waals surface area contributed by atoms with Gasteiger partial charge in [0, 0.05) is 64.4 Å². The van der Waals surface area contributed by atoms with Crippen molar-refractivity contribution in [3.05, 3.63) is 78.4 Å². The van der Waals surface area contributed by atoms with Crippen molar-refractivity contribution in [2.24, 2.45) is 0 Å². The van der Waals surface area contributed by atoms with Crippen molar-refractivity contribution in [2.45, 2.75) is 0 Å². The number of pyridine rings is 1. The molecule has 0 saturated heterocycles. The molecule has 9 heteroatoms. The Morgan fingerprint density at radius 3 is 2.63 bits per heavy atom. The van der Waals surface area contributed by atoms with Crippen molar-refractivity contribution in [1.29, 1.82) is 0 Å². The third-order valence-electron chi connectivity index (χ3n) is 5.32. The van der Waals surface area contributed by atoms with E-state index in [0.717, 1.165) is 12.1 Å². The predicted octanol–water partition coefficient (Wildman–Crippen LogP) is 5.38. The first-order valence-electron chi connectivity index (χ1n) is 10.7. The zero-order valence-corrected chi connectivity index (χ0v) is 19.3. The SMILES string of the molecule is COc1c(F)cc(F)cc1-c1c[nH]c2ncc(-c3cc(NC(=O)C=CCN(C)C)ccc3F)cc12. The van der Waals surface area contributed by atoms with Crippen LogP contribution in [0.4, 0.5) is 18.9 Å². The van der Waals surface area contributed by atoms with Crippen LogP contribution in [0.1, 0.15) is 0 Å². The fraction of sp³-hybridized carbons (Fsp3) is 0.154. The molecular weight excluding hydrogens is 457 g/mol. The average molecular weight is 480 g/mol. The lowest BCUT2D eigenvalue weighted by atomic mass is 10.0. The number of halogens is 3. The van der Waals surface area contributed by atoms with Gasteiger partial charge in [-0.25, -0.2) is 18.2 Å². The molecule has 180 valence electrons. The first-order valence-corrected chi connectivity index (χ1v) is 10.7. The molecule has 0 spiro atoms. The molecule has 2 aromatic carbocycles. The molecule has 2 aromatic heterocycles. The number of nitrogens with one attached hydrogen (secondary N) is 2. The molecule has 0 aliphatic carbocycles. The maximum atomic E-state index is 14.8. The van der Waals surface area contributed by atoms with E-state index in [0.29, 0.717) is 34.4 Å². The summed E-state index contributed by atoms with van der Waals surface area (Å²) < 4.78 is 48.2. The molecule has 2 heterocycles. The van der Waals surface area contributed by atoms with E-state index in [4.69, 9.17) is 4.74 Å². The number of hydrogen-bond acceptors (Lipinski definition) is 4. The number of benzene rings is 2. The van der Waals surface area contributed by atoms with E-state index in [1.54, 1.807) is 18.3 Å². The number of methoxy groups -OCH3 is 1. The predicted molar refractivity (Wildman–Crippen MR) is 130 cm³/mol. The molecule has 1 amide bonds. The fourth-order valence-electron chi connectivity index (χ4n) is 3.72. The number of carbonyl (C=O) groups excluding carboxylic acids is 1. The summed E-state index contributed by atoms with van der Waals surface area (Å²) in [6.45, 7) is 0.604. The monoisotopic (exact) mass is 480 g/mol. The topological polar surface area (TPSA) is 70.2 Å². The average Bonchev–Trinajstić information content (AvgIpc) is 3.22. The second-order valence-electron chi connectivity index (χ2n) is 8.14. The molecule has 0 bridgehead atoms. The summed E-state index contributed by atoms with van der Waals surface area (Å²) >= 11 is 0. The number of rotatable bonds is 7. The maximum Gasteiger partial charge on any atom is 0.248 e. The molecule has 6 nitrogen and oxygen atoms in total. The molecule has 0 aliphatic rings. The van der Waals surface area contributed by atoms with Gasteiger partial charge in [0.15, 0.2) is 11.6 Å². The number of H-pyrrole nitrogens is 1. The maximum absolute atomic E-state index is 14.8. The molecule has 0 atom stereocenters. The van der Waals surface area contributed by atoms with E-state index >= 15 is 0 Å². The Kier molecular flexibility index (Phi) is 6.88. The third kappa shape index (κ3) is 5.20. The van der Waals surface area contributed by atoms with Crippen LogP contribution < -0.4 is 10.1 Å². The molecule has 2 N–H and O–H groups in total. The number of aromatic nitrogens is 2. The van der Waals surface area contributed by atoms with Crippen LogP contribution in [0.2, 0.25) is 0 Å². The first-order chi connectivity index (χ1) is 16.8. The Hall–Kier alpha value is -4.11. The zero-order valence-electron chi connectivity index (χ0n) is 19.3. The minimum absolute atomic E-state index is 0.115. The van der Waals surface area contributed by atoms with E-state index in [-0.39, 0.29) is 22.8 Å². The molecule has 0 unspecified atom stereocenters. The highest BCUT2D eigenvalue weighted by Crippen LogP contribution is 2.38. The van der Waals surface area contributed by atoms with Gasteiger partial charge in [-0.15, -0.1) is 0 Å². The van der Waals surface area contributed by atoms with Crippen LogP contribution in [0.25, 0.3) is 33.3 Å². The van der Waals surface area contributed by atoms with Gasteiger partial charge in [0.1, 0.15) is 17.3 Å². The number of ether oxygens (including phenoxy) is 1. The van der Waals surface area contributed by atoms with Crippen LogP contribution in [0, 0.1) is 17.5 Å². The summed E-state index contributed by atoms with van der Waals surface area (Å²) in [5.74, 6) is -2.57. The molecule has 0 fully saturated rings. The number of aromatic amines is 1. The Balaban J connectivity index is 1.72. The van der Waals surface area contributed by atoms with E-state index in [9.17, 15) is 18.0 Å². The molecule has 35 heavy (non-hydrogen) atoms. The Morgan fingerprint density at radius 2 is 1.89 bits per heavy atom. The lowest BCUT2D eigenvalue weighted by Crippen LogP contribution is -2.13. The minimum Gasteiger partial charge on any atom is -0.493 e. The van der Waals surface area contributed by atoms with E-state index < -0.39 is 17.5 Å². The highest BCUT2D eigenvalue weighted by molar-refractivity contribution is 6.00. The summed E-state index contributed by atoms with van der Waals surface area (Å²) in [4.78, 5) is 21.4. The van der Waals surface area contributed by atoms with Gasteiger partial charge in [-0.2, -0.15) is 0 Å². The first kappa shape index (κ1) is 24.0. The number of hydrogen-bond donors (Lipinski definition) is 2. The van der Waals surface area contributed by atoms with Gasteiger partial charge in [-0.1, -0.05) is 6.08 Å². The van der Waals surface area contributed by atoms with E-state index in [2.05, 4.69) is 15.3 Å². The Bertz CT molecular complexity index is 1430. The number of nitrogens with zero attached hydrogens (tertiary/aromatic N) is 2. The van der Waals surface area contributed by atoms with Gasteiger partial charge >= 0.3 is 0 Å². The normalized spacial score (nSPS) is 11.5. The van der Waals surface area contributed by atoms with Crippen molar-refractivity contribution >= 4 is 22.6 Å². The van der Waals surface area contributed by atoms with Crippen LogP contribution in [-0.2, 0) is 4.79 Å². The smallest absolute Gasteiger partial charge is 0.248 e. The Labute approximate surface area is 200 Å². The highest BCUT2D eigenvalue weighted by Gasteiger charge is 2.18. The minimum atomic E-state index is -0.838. The molecular formula is C26H23F3N4O2. The fourth-order valence-corrected chi connectivity index (χ4v) is 3.72. The summed E-state index contributed by atoms with van der Waals surface area (Å²) in [5, 5.41) is 3.23. The number of fused-ring (bicyclic) bond motifs is 1. The molecule has 0 saturated carbocycles. The van der Waals surface area contributed by atoms with E-state index in [1.807, 2.05) is 19.0 Å². The standard InChI is InChI=1S/C26H23F3N4O2/c1-33(2)8-4-5-24(34)32-17-6-7-22(28)18(12-17)15-9-20-21(14-31-26(20)30-13-15)19-10-16(27)11-23(29)25(19)35-3/h4-7,9-14H,8H2,1-3H3,(H,30,31)(H,32,34). The highest BCUT2D eigenvalue weighted by atomic mass is 19.1. The van der Waals surface area contributed by atoms with Crippen molar-refractivity contribution in [3.63, 3.8) is 0 Å². The summed E-state index contributed by atoms with van der Waals surface area (Å²) in [5.41, 5.74) is 2.13. The van der Waals surface area contributed by atoms with Crippen molar-refractivity contribution in [3.8, 4) is 28.0 Å². The van der Waals surface area contributed by atoms with Gasteiger partial charge in [0.05, 0.1) is 7.11 Å². The van der Waals surface area contributed by atoms with Crippen LogP contribution in [0.5, 0.6) is 5.75 Å². The van der Waals surface area contributed by atoms with Gasteiger partial charge < -0.3 is 19.9 Å². The quantitative estimate of drug-likeness (QED) is 0.349. The second kappa shape index (κ2) is 10.0.